The summed E-state index contributed by atoms with van der Waals surface area (Å²) in [6.45, 7) is 0.992. The molecule has 0 atom stereocenters. The maximum atomic E-state index is 8.61. The van der Waals surface area contributed by atoms with Crippen LogP contribution in [0.5, 0.6) is 0 Å². The predicted octanol–water partition coefficient (Wildman–Crippen LogP) is -1.23. The molecule has 1 aromatic carbocycles. The van der Waals surface area contributed by atoms with E-state index in [9.17, 15) is 0 Å². The summed E-state index contributed by atoms with van der Waals surface area (Å²) in [7, 11) is 6.45. The first-order chi connectivity index (χ1) is 6.01. The molecule has 1 aromatic rings. The van der Waals surface area contributed by atoms with E-state index in [0.717, 1.165) is 16.6 Å². The first-order valence-corrected chi connectivity index (χ1v) is 4.31. The van der Waals surface area contributed by atoms with E-state index in [1.54, 1.807) is 0 Å². The number of nitrogens with zero attached hydrogens (tertiary/aromatic N) is 2. The van der Waals surface area contributed by atoms with Gasteiger partial charge in [-0.2, -0.15) is 5.26 Å². The van der Waals surface area contributed by atoms with Crippen molar-refractivity contribution in [2.75, 3.05) is 21.1 Å². The van der Waals surface area contributed by atoms with Gasteiger partial charge in [-0.1, -0.05) is 12.1 Å². The maximum Gasteiger partial charge on any atom is 0.104 e. The molecule has 0 aliphatic carbocycles. The van der Waals surface area contributed by atoms with Gasteiger partial charge in [0, 0.05) is 5.56 Å². The predicted molar refractivity (Wildman–Crippen MR) is 52.9 cm³/mol. The highest BCUT2D eigenvalue weighted by Crippen LogP contribution is 2.08. The van der Waals surface area contributed by atoms with Gasteiger partial charge in [-0.25, -0.2) is 0 Å². The van der Waals surface area contributed by atoms with Gasteiger partial charge in [-0.05, 0) is 12.1 Å². The zero-order valence-electron chi connectivity index (χ0n) is 8.79. The quantitative estimate of drug-likeness (QED) is 0.561. The Kier molecular flexibility index (Phi) is 4.62. The van der Waals surface area contributed by atoms with Gasteiger partial charge in [0.05, 0.1) is 32.8 Å². The van der Waals surface area contributed by atoms with E-state index in [2.05, 4.69) is 27.2 Å². The molecular formula is C11H15ClN2. The van der Waals surface area contributed by atoms with Crippen LogP contribution in [0.15, 0.2) is 24.3 Å². The summed E-state index contributed by atoms with van der Waals surface area (Å²) in [5, 5.41) is 8.61. The topological polar surface area (TPSA) is 23.8 Å². The molecule has 0 fully saturated rings. The Hall–Kier alpha value is -1.04. The van der Waals surface area contributed by atoms with Crippen molar-refractivity contribution in [3.05, 3.63) is 35.4 Å². The molecule has 0 N–H and O–H groups in total. The molecule has 0 aliphatic rings. The number of rotatable bonds is 2. The summed E-state index contributed by atoms with van der Waals surface area (Å²) in [6, 6.07) is 9.88. The summed E-state index contributed by atoms with van der Waals surface area (Å²) in [5.74, 6) is 0. The van der Waals surface area contributed by atoms with Crippen molar-refractivity contribution < 1.29 is 16.9 Å². The lowest BCUT2D eigenvalue weighted by Gasteiger charge is -2.23. The van der Waals surface area contributed by atoms with Gasteiger partial charge in [0.15, 0.2) is 0 Å². The minimum absolute atomic E-state index is 0. The Morgan fingerprint density at radius 1 is 1.14 bits per heavy atom. The number of halogens is 1. The Bertz CT molecular complexity index is 317. The second-order valence-corrected chi connectivity index (χ2v) is 4.26. The minimum atomic E-state index is 0. The summed E-state index contributed by atoms with van der Waals surface area (Å²) in [4.78, 5) is 0. The van der Waals surface area contributed by atoms with Gasteiger partial charge in [-0.3, -0.25) is 0 Å². The van der Waals surface area contributed by atoms with Crippen molar-refractivity contribution in [3.63, 3.8) is 0 Å². The van der Waals surface area contributed by atoms with E-state index in [0.29, 0.717) is 0 Å². The first-order valence-electron chi connectivity index (χ1n) is 4.31. The molecule has 0 aliphatic heterocycles. The third-order valence-corrected chi connectivity index (χ3v) is 1.74. The fourth-order valence-electron chi connectivity index (χ4n) is 1.23. The molecule has 76 valence electrons. The third-order valence-electron chi connectivity index (χ3n) is 1.74. The third kappa shape index (κ3) is 4.27. The van der Waals surface area contributed by atoms with Crippen molar-refractivity contribution in [1.29, 1.82) is 5.26 Å². The molecule has 0 amide bonds. The summed E-state index contributed by atoms with van der Waals surface area (Å²) < 4.78 is 0.909. The second kappa shape index (κ2) is 4.99. The standard InChI is InChI=1S/C11H15N2.ClH/c1-13(2,3)9-11-6-4-10(8-12)5-7-11;/h4-7H,9H2,1-3H3;1H/q+1;/p-1. The molecule has 0 bridgehead atoms. The second-order valence-electron chi connectivity index (χ2n) is 4.26. The number of hydrogen-bond acceptors (Lipinski definition) is 1. The summed E-state index contributed by atoms with van der Waals surface area (Å²) in [6.07, 6.45) is 0. The van der Waals surface area contributed by atoms with Crippen molar-refractivity contribution in [3.8, 4) is 6.07 Å². The average Bonchev–Trinajstić information content (AvgIpc) is 2.03. The lowest BCUT2D eigenvalue weighted by Crippen LogP contribution is -3.00. The van der Waals surface area contributed by atoms with Crippen LogP contribution in [0.1, 0.15) is 11.1 Å². The van der Waals surface area contributed by atoms with Crippen LogP contribution in [0.4, 0.5) is 0 Å². The van der Waals surface area contributed by atoms with Gasteiger partial charge in [-0.15, -0.1) is 0 Å². The van der Waals surface area contributed by atoms with Gasteiger partial charge in [0.2, 0.25) is 0 Å². The largest absolute Gasteiger partial charge is 1.00 e. The zero-order chi connectivity index (χ0) is 9.90. The van der Waals surface area contributed by atoms with Crippen LogP contribution < -0.4 is 12.4 Å². The first kappa shape index (κ1) is 13.0. The van der Waals surface area contributed by atoms with Crippen molar-refractivity contribution in [2.45, 2.75) is 6.54 Å². The highest BCUT2D eigenvalue weighted by atomic mass is 35.5. The number of hydrogen-bond donors (Lipinski definition) is 0. The van der Waals surface area contributed by atoms with Crippen LogP contribution in [0, 0.1) is 11.3 Å². The smallest absolute Gasteiger partial charge is 0.104 e. The molecule has 0 aromatic heterocycles. The maximum absolute atomic E-state index is 8.61. The van der Waals surface area contributed by atoms with Crippen LogP contribution in [0.25, 0.3) is 0 Å². The van der Waals surface area contributed by atoms with Gasteiger partial charge in [0.25, 0.3) is 0 Å². The molecule has 2 nitrogen and oxygen atoms in total. The summed E-state index contributed by atoms with van der Waals surface area (Å²) >= 11 is 0. The molecule has 0 heterocycles. The molecule has 14 heavy (non-hydrogen) atoms. The normalized spacial score (nSPS) is 10.1. The van der Waals surface area contributed by atoms with E-state index in [1.807, 2.05) is 24.3 Å². The molecule has 1 rings (SSSR count). The van der Waals surface area contributed by atoms with Crippen LogP contribution in [0.2, 0.25) is 0 Å². The molecular weight excluding hydrogens is 196 g/mol. The van der Waals surface area contributed by atoms with Crippen LogP contribution in [-0.2, 0) is 6.54 Å². The van der Waals surface area contributed by atoms with E-state index >= 15 is 0 Å². The van der Waals surface area contributed by atoms with E-state index in [4.69, 9.17) is 5.26 Å². The average molecular weight is 211 g/mol. The van der Waals surface area contributed by atoms with Crippen LogP contribution in [0.3, 0.4) is 0 Å². The van der Waals surface area contributed by atoms with Gasteiger partial charge >= 0.3 is 0 Å². The highest BCUT2D eigenvalue weighted by molar-refractivity contribution is 5.31. The number of quaternary nitrogens is 1. The number of nitriles is 1. The SMILES string of the molecule is C[N+](C)(C)Cc1ccc(C#N)cc1.[Cl-]. The Morgan fingerprint density at radius 2 is 1.64 bits per heavy atom. The van der Waals surface area contributed by atoms with E-state index in [-0.39, 0.29) is 12.4 Å². The van der Waals surface area contributed by atoms with E-state index in [1.165, 1.54) is 5.56 Å². The van der Waals surface area contributed by atoms with E-state index < -0.39 is 0 Å². The van der Waals surface area contributed by atoms with Crippen molar-refractivity contribution >= 4 is 0 Å². The molecule has 3 heteroatoms. The summed E-state index contributed by atoms with van der Waals surface area (Å²) in [5.41, 5.74) is 2.00. The fourth-order valence-corrected chi connectivity index (χ4v) is 1.23. The highest BCUT2D eigenvalue weighted by Gasteiger charge is 2.07. The monoisotopic (exact) mass is 210 g/mol. The van der Waals surface area contributed by atoms with Crippen LogP contribution in [-0.4, -0.2) is 25.6 Å². The Labute approximate surface area is 91.8 Å². The Balaban J connectivity index is 0.00000169. The van der Waals surface area contributed by atoms with Crippen LogP contribution >= 0.6 is 0 Å². The van der Waals surface area contributed by atoms with Gasteiger partial charge < -0.3 is 16.9 Å². The minimum Gasteiger partial charge on any atom is -1.00 e. The fraction of sp³-hybridized carbons (Fsp3) is 0.364. The Morgan fingerprint density at radius 3 is 2.00 bits per heavy atom. The molecule has 0 unspecified atom stereocenters. The molecule has 0 saturated carbocycles. The van der Waals surface area contributed by atoms with Crippen molar-refractivity contribution in [1.82, 2.24) is 0 Å². The number of benzene rings is 1. The lowest BCUT2D eigenvalue weighted by molar-refractivity contribution is -0.884. The lowest BCUT2D eigenvalue weighted by atomic mass is 10.1. The zero-order valence-corrected chi connectivity index (χ0v) is 9.54. The van der Waals surface area contributed by atoms with Crippen molar-refractivity contribution in [2.24, 2.45) is 0 Å². The van der Waals surface area contributed by atoms with Gasteiger partial charge in [0.1, 0.15) is 6.54 Å². The molecule has 0 spiro atoms. The molecule has 0 radical (unpaired) electrons. The molecule has 0 saturated heterocycles.